The van der Waals surface area contributed by atoms with E-state index in [0.717, 1.165) is 51.9 Å². The molecule has 0 aromatic heterocycles. The van der Waals surface area contributed by atoms with Gasteiger partial charge in [0.05, 0.1) is 6.04 Å². The predicted molar refractivity (Wildman–Crippen MR) is 116 cm³/mol. The Hall–Kier alpha value is -2.04. The van der Waals surface area contributed by atoms with Gasteiger partial charge in [-0.25, -0.2) is 4.79 Å². The average Bonchev–Trinajstić information content (AvgIpc) is 2.75. The molecule has 2 bridgehead atoms. The maximum absolute atomic E-state index is 13.2. The van der Waals surface area contributed by atoms with Crippen LogP contribution >= 0.6 is 12.4 Å². The summed E-state index contributed by atoms with van der Waals surface area (Å²) < 4.78 is 6.09. The summed E-state index contributed by atoms with van der Waals surface area (Å²) in [6.45, 7) is 3.96. The van der Waals surface area contributed by atoms with Gasteiger partial charge in [0.1, 0.15) is 6.10 Å². The summed E-state index contributed by atoms with van der Waals surface area (Å²) >= 11 is 0. The lowest BCUT2D eigenvalue weighted by atomic mass is 9.86. The van der Waals surface area contributed by atoms with Gasteiger partial charge in [-0.1, -0.05) is 54.6 Å². The molecule has 0 radical (unpaired) electrons. The number of amides is 1. The minimum Gasteiger partial charge on any atom is -0.444 e. The molecule has 4 heterocycles. The molecule has 1 unspecified atom stereocenters. The monoisotopic (exact) mass is 412 g/mol. The first-order chi connectivity index (χ1) is 13.8. The van der Waals surface area contributed by atoms with E-state index in [1.807, 2.05) is 11.0 Å². The molecule has 0 N–H and O–H groups in total. The lowest BCUT2D eigenvalue weighted by molar-refractivity contribution is -0.0475. The highest BCUT2D eigenvalue weighted by Crippen LogP contribution is 2.35. The minimum atomic E-state index is -0.130. The number of halogens is 1. The average molecular weight is 413 g/mol. The lowest BCUT2D eigenvalue weighted by Crippen LogP contribution is -2.53. The van der Waals surface area contributed by atoms with Crippen LogP contribution < -0.4 is 0 Å². The highest BCUT2D eigenvalue weighted by atomic mass is 35.5. The van der Waals surface area contributed by atoms with E-state index in [-0.39, 0.29) is 30.6 Å². The number of nitrogens with zero attached hydrogens (tertiary/aromatic N) is 2. The molecular formula is C24H29ClN2O2. The molecule has 3 saturated heterocycles. The largest absolute Gasteiger partial charge is 0.444 e. The van der Waals surface area contributed by atoms with E-state index in [1.165, 1.54) is 16.7 Å². The summed E-state index contributed by atoms with van der Waals surface area (Å²) in [6, 6.07) is 19.1. The van der Waals surface area contributed by atoms with Crippen LogP contribution in [0.15, 0.2) is 54.6 Å². The Morgan fingerprint density at radius 2 is 1.69 bits per heavy atom. The van der Waals surface area contributed by atoms with Gasteiger partial charge in [-0.15, -0.1) is 12.4 Å². The number of hydrogen-bond acceptors (Lipinski definition) is 3. The number of rotatable bonds is 3. The van der Waals surface area contributed by atoms with Gasteiger partial charge in [0, 0.05) is 13.1 Å². The van der Waals surface area contributed by atoms with Gasteiger partial charge in [-0.05, 0) is 61.4 Å². The molecule has 29 heavy (non-hydrogen) atoms. The summed E-state index contributed by atoms with van der Waals surface area (Å²) in [5, 5.41) is 0. The van der Waals surface area contributed by atoms with Gasteiger partial charge in [-0.3, -0.25) is 4.90 Å². The van der Waals surface area contributed by atoms with Crippen molar-refractivity contribution in [2.24, 2.45) is 5.92 Å². The van der Waals surface area contributed by atoms with Crippen molar-refractivity contribution in [3.63, 3.8) is 0 Å². The third-order valence-electron chi connectivity index (χ3n) is 6.77. The van der Waals surface area contributed by atoms with Crippen LogP contribution in [0.1, 0.15) is 35.6 Å². The Morgan fingerprint density at radius 3 is 2.41 bits per heavy atom. The number of fused-ring (bicyclic) bond motifs is 4. The van der Waals surface area contributed by atoms with Crippen molar-refractivity contribution >= 4 is 18.5 Å². The molecule has 4 nitrogen and oxygen atoms in total. The maximum atomic E-state index is 13.2. The third-order valence-corrected chi connectivity index (χ3v) is 6.77. The first-order valence-corrected chi connectivity index (χ1v) is 10.6. The Labute approximate surface area is 179 Å². The van der Waals surface area contributed by atoms with Crippen LogP contribution in [0.4, 0.5) is 4.79 Å². The Bertz CT molecular complexity index is 836. The topological polar surface area (TPSA) is 32.8 Å². The van der Waals surface area contributed by atoms with E-state index < -0.39 is 0 Å². The number of hydrogen-bond donors (Lipinski definition) is 0. The molecule has 6 rings (SSSR count). The Morgan fingerprint density at radius 1 is 0.966 bits per heavy atom. The molecule has 3 fully saturated rings. The van der Waals surface area contributed by atoms with E-state index in [2.05, 4.69) is 53.4 Å². The molecule has 4 aliphatic rings. The molecule has 0 aliphatic carbocycles. The third kappa shape index (κ3) is 4.15. The summed E-state index contributed by atoms with van der Waals surface area (Å²) in [5.74, 6) is 0.540. The molecule has 2 aromatic carbocycles. The zero-order valence-corrected chi connectivity index (χ0v) is 17.5. The van der Waals surface area contributed by atoms with Gasteiger partial charge >= 0.3 is 6.09 Å². The van der Waals surface area contributed by atoms with Crippen LogP contribution in [-0.4, -0.2) is 48.2 Å². The molecule has 4 aliphatic heterocycles. The van der Waals surface area contributed by atoms with Crippen LogP contribution in [0.3, 0.4) is 0 Å². The lowest BCUT2D eigenvalue weighted by Gasteiger charge is -2.45. The Balaban J connectivity index is 0.00000205. The van der Waals surface area contributed by atoms with Crippen LogP contribution in [0.5, 0.6) is 0 Å². The molecule has 154 valence electrons. The quantitative estimate of drug-likeness (QED) is 0.745. The number of carbonyl (C=O) groups excluding carboxylic acids is 1. The maximum Gasteiger partial charge on any atom is 0.410 e. The van der Waals surface area contributed by atoms with Crippen LogP contribution in [0.25, 0.3) is 0 Å². The van der Waals surface area contributed by atoms with E-state index >= 15 is 0 Å². The van der Waals surface area contributed by atoms with Crippen molar-refractivity contribution in [1.82, 2.24) is 9.80 Å². The number of carbonyl (C=O) groups is 1. The fourth-order valence-electron chi connectivity index (χ4n) is 5.17. The number of benzene rings is 2. The first kappa shape index (κ1) is 20.2. The Kier molecular flexibility index (Phi) is 6.12. The second kappa shape index (κ2) is 8.76. The number of ether oxygens (including phenoxy) is 1. The zero-order chi connectivity index (χ0) is 18.9. The van der Waals surface area contributed by atoms with E-state index in [0.29, 0.717) is 5.92 Å². The van der Waals surface area contributed by atoms with Gasteiger partial charge in [0.25, 0.3) is 0 Å². The van der Waals surface area contributed by atoms with Gasteiger partial charge < -0.3 is 9.64 Å². The zero-order valence-electron chi connectivity index (χ0n) is 16.7. The second-order valence-corrected chi connectivity index (χ2v) is 8.41. The smallest absolute Gasteiger partial charge is 0.410 e. The normalized spacial score (nSPS) is 27.7. The van der Waals surface area contributed by atoms with Crippen molar-refractivity contribution in [2.75, 3.05) is 26.2 Å². The van der Waals surface area contributed by atoms with Gasteiger partial charge in [0.2, 0.25) is 0 Å². The molecule has 2 aromatic rings. The summed E-state index contributed by atoms with van der Waals surface area (Å²) in [7, 11) is 0. The van der Waals surface area contributed by atoms with Gasteiger partial charge in [-0.2, -0.15) is 0 Å². The summed E-state index contributed by atoms with van der Waals surface area (Å²) in [5.41, 5.74) is 3.88. The van der Waals surface area contributed by atoms with Crippen LogP contribution in [0, 0.1) is 5.92 Å². The van der Waals surface area contributed by atoms with Crippen molar-refractivity contribution < 1.29 is 9.53 Å². The van der Waals surface area contributed by atoms with Crippen molar-refractivity contribution in [1.29, 1.82) is 0 Å². The van der Waals surface area contributed by atoms with Crippen LogP contribution in [-0.2, 0) is 17.6 Å². The highest BCUT2D eigenvalue weighted by Gasteiger charge is 2.39. The van der Waals surface area contributed by atoms with E-state index in [4.69, 9.17) is 4.74 Å². The molecule has 5 heteroatoms. The minimum absolute atomic E-state index is 0. The molecule has 0 saturated carbocycles. The SMILES string of the molecule is Cl.O=C(O[C@H]1CN2CCC1CC2)N1CCc2ccccc2C1Cc1ccccc1. The first-order valence-electron chi connectivity index (χ1n) is 10.6. The van der Waals surface area contributed by atoms with Crippen molar-refractivity contribution in [3.8, 4) is 0 Å². The highest BCUT2D eigenvalue weighted by molar-refractivity contribution is 5.85. The number of piperidine rings is 3. The van der Waals surface area contributed by atoms with E-state index in [1.54, 1.807) is 0 Å². The molecule has 0 spiro atoms. The fourth-order valence-corrected chi connectivity index (χ4v) is 5.17. The summed E-state index contributed by atoms with van der Waals surface area (Å²) in [6.07, 6.45) is 3.98. The molecule has 2 atom stereocenters. The second-order valence-electron chi connectivity index (χ2n) is 8.41. The predicted octanol–water partition coefficient (Wildman–Crippen LogP) is 4.48. The molecular weight excluding hydrogens is 384 g/mol. The summed E-state index contributed by atoms with van der Waals surface area (Å²) in [4.78, 5) is 17.7. The van der Waals surface area contributed by atoms with Gasteiger partial charge in [0.15, 0.2) is 0 Å². The molecule has 1 amide bonds. The van der Waals surface area contributed by atoms with Crippen molar-refractivity contribution in [3.05, 3.63) is 71.3 Å². The fraction of sp³-hybridized carbons (Fsp3) is 0.458. The van der Waals surface area contributed by atoms with Crippen molar-refractivity contribution in [2.45, 2.75) is 37.8 Å². The van der Waals surface area contributed by atoms with E-state index in [9.17, 15) is 4.79 Å². The standard InChI is InChI=1S/C24H28N2O2.ClH/c27-24(28-23-17-25-13-10-20(23)11-14-25)26-15-12-19-8-4-5-9-21(19)22(26)16-18-6-2-1-3-7-18;/h1-9,20,22-23H,10-17H2;1H/t22?,23-;/m0./s1. The van der Waals surface area contributed by atoms with Crippen LogP contribution in [0.2, 0.25) is 0 Å².